The molecule has 0 aromatic rings. The van der Waals surface area contributed by atoms with Crippen molar-refractivity contribution >= 4 is 11.9 Å². The Labute approximate surface area is 198 Å². The van der Waals surface area contributed by atoms with Crippen LogP contribution in [0.3, 0.4) is 0 Å². The molecule has 0 radical (unpaired) electrons. The lowest BCUT2D eigenvalue weighted by atomic mass is 9.77. The molecule has 2 aliphatic carbocycles. The Bertz CT molecular complexity index is 715. The van der Waals surface area contributed by atoms with E-state index in [9.17, 15) is 9.59 Å². The number of carboxylic acids is 1. The molecule has 3 aliphatic rings. The first-order valence-electron chi connectivity index (χ1n) is 13.0. The van der Waals surface area contributed by atoms with Crippen molar-refractivity contribution in [1.82, 2.24) is 10.6 Å². The third kappa shape index (κ3) is 9.00. The fourth-order valence-corrected chi connectivity index (χ4v) is 5.77. The maximum Gasteiger partial charge on any atom is 0.303 e. The summed E-state index contributed by atoms with van der Waals surface area (Å²) in [5.41, 5.74) is 0. The van der Waals surface area contributed by atoms with Gasteiger partial charge < -0.3 is 20.5 Å². The topological polar surface area (TPSA) is 87.7 Å². The molecule has 1 amide bonds. The van der Waals surface area contributed by atoms with Crippen molar-refractivity contribution in [2.45, 2.75) is 70.6 Å². The van der Waals surface area contributed by atoms with Gasteiger partial charge in [0.2, 0.25) is 5.91 Å². The zero-order chi connectivity index (χ0) is 23.3. The molecular weight excluding hydrogens is 416 g/mol. The van der Waals surface area contributed by atoms with E-state index < -0.39 is 5.97 Å². The molecule has 3 rings (SSSR count). The first-order valence-corrected chi connectivity index (χ1v) is 13.0. The number of ether oxygens (including phenoxy) is 1. The molecule has 0 unspecified atom stereocenters. The fourth-order valence-electron chi connectivity index (χ4n) is 5.77. The minimum absolute atomic E-state index is 0.105. The van der Waals surface area contributed by atoms with Crippen molar-refractivity contribution in [3.8, 4) is 0 Å². The minimum Gasteiger partial charge on any atom is -0.494 e. The average Bonchev–Trinajstić information content (AvgIpc) is 3.42. The van der Waals surface area contributed by atoms with E-state index in [2.05, 4.69) is 28.9 Å². The molecular formula is C27H42N2O4. The molecule has 6 heteroatoms. The monoisotopic (exact) mass is 458 g/mol. The van der Waals surface area contributed by atoms with Crippen LogP contribution in [0.15, 0.2) is 36.1 Å². The molecule has 2 bridgehead atoms. The molecule has 0 saturated heterocycles. The molecule has 2 saturated carbocycles. The van der Waals surface area contributed by atoms with E-state index in [0.717, 1.165) is 69.2 Å². The molecule has 0 spiro atoms. The second kappa shape index (κ2) is 14.2. The lowest BCUT2D eigenvalue weighted by molar-refractivity contribution is -0.137. The lowest BCUT2D eigenvalue weighted by Crippen LogP contribution is -2.40. The number of amides is 1. The second-order valence-corrected chi connectivity index (χ2v) is 9.82. The summed E-state index contributed by atoms with van der Waals surface area (Å²) in [4.78, 5) is 22.9. The number of allylic oxidation sites excluding steroid dienone is 5. The average molecular weight is 459 g/mol. The van der Waals surface area contributed by atoms with Gasteiger partial charge in [-0.25, -0.2) is 0 Å². The number of carbonyl (C=O) groups excluding carboxylic acids is 1. The van der Waals surface area contributed by atoms with Crippen molar-refractivity contribution in [2.24, 2.45) is 23.7 Å². The van der Waals surface area contributed by atoms with Gasteiger partial charge in [-0.2, -0.15) is 0 Å². The number of rotatable bonds is 16. The van der Waals surface area contributed by atoms with Gasteiger partial charge in [-0.15, -0.1) is 0 Å². The predicted octanol–water partition coefficient (Wildman–Crippen LogP) is 4.59. The Kier molecular flexibility index (Phi) is 11.0. The Morgan fingerprint density at radius 3 is 2.73 bits per heavy atom. The van der Waals surface area contributed by atoms with Gasteiger partial charge in [-0.3, -0.25) is 9.59 Å². The van der Waals surface area contributed by atoms with E-state index in [0.29, 0.717) is 31.4 Å². The number of nitrogens with one attached hydrogen (secondary N) is 2. The summed E-state index contributed by atoms with van der Waals surface area (Å²) in [5.74, 6) is 3.26. The van der Waals surface area contributed by atoms with Crippen LogP contribution in [0.4, 0.5) is 0 Å². The molecule has 1 heterocycles. The van der Waals surface area contributed by atoms with Crippen LogP contribution in [-0.2, 0) is 14.3 Å². The number of unbranched alkanes of at least 4 members (excludes halogenated alkanes) is 3. The van der Waals surface area contributed by atoms with E-state index in [-0.39, 0.29) is 12.3 Å². The van der Waals surface area contributed by atoms with E-state index in [4.69, 9.17) is 9.84 Å². The van der Waals surface area contributed by atoms with E-state index in [1.807, 2.05) is 12.2 Å². The van der Waals surface area contributed by atoms with Crippen molar-refractivity contribution in [2.75, 3.05) is 26.2 Å². The number of carboxylic acid groups (broad SMARTS) is 1. The Morgan fingerprint density at radius 1 is 1.09 bits per heavy atom. The first kappa shape index (κ1) is 25.5. The summed E-state index contributed by atoms with van der Waals surface area (Å²) in [6, 6.07) is 0. The molecule has 0 aromatic heterocycles. The van der Waals surface area contributed by atoms with E-state index >= 15 is 0 Å². The Morgan fingerprint density at radius 2 is 1.94 bits per heavy atom. The van der Waals surface area contributed by atoms with Gasteiger partial charge in [-0.1, -0.05) is 24.6 Å². The number of hydrogen-bond donors (Lipinski definition) is 3. The maximum absolute atomic E-state index is 12.3. The smallest absolute Gasteiger partial charge is 0.303 e. The molecule has 6 nitrogen and oxygen atoms in total. The SMILES string of the molecule is O=C(O)CCCC=CC[C@@H]1[C@@H]2CC[C@@H](C2)[C@@H]1CNC(=O)CNCCCCCC1=CC=CCO1. The lowest BCUT2D eigenvalue weighted by Gasteiger charge is -2.30. The standard InChI is InChI=1S/C27H42N2O4/c30-26(20-28-16-8-3-4-10-23-11-7-9-17-33-23)29-19-25-22-15-14-21(18-22)24(25)12-5-1-2-6-13-27(31)32/h1,5,7,9,11,21-22,24-25,28H,2-4,6,8,10,12-20H2,(H,29,30)(H,31,32)/t21-,22+,24-,25+/m1/s1. The van der Waals surface area contributed by atoms with Crippen LogP contribution in [0.5, 0.6) is 0 Å². The van der Waals surface area contributed by atoms with Crippen LogP contribution in [0.1, 0.15) is 70.6 Å². The minimum atomic E-state index is -0.720. The van der Waals surface area contributed by atoms with Crippen LogP contribution in [0.25, 0.3) is 0 Å². The summed E-state index contributed by atoms with van der Waals surface area (Å²) in [7, 11) is 0. The summed E-state index contributed by atoms with van der Waals surface area (Å²) < 4.78 is 5.56. The van der Waals surface area contributed by atoms with E-state index in [1.165, 1.54) is 19.3 Å². The molecule has 4 atom stereocenters. The summed E-state index contributed by atoms with van der Waals surface area (Å²) in [6.45, 7) is 2.75. The van der Waals surface area contributed by atoms with Gasteiger partial charge in [-0.05, 0) is 93.7 Å². The van der Waals surface area contributed by atoms with Crippen molar-refractivity contribution in [3.63, 3.8) is 0 Å². The van der Waals surface area contributed by atoms with E-state index in [1.54, 1.807) is 0 Å². The zero-order valence-corrected chi connectivity index (χ0v) is 20.0. The normalized spacial score (nSPS) is 25.9. The Balaban J connectivity index is 1.24. The van der Waals surface area contributed by atoms with Gasteiger partial charge in [0.15, 0.2) is 0 Å². The highest BCUT2D eigenvalue weighted by Gasteiger charge is 2.46. The zero-order valence-electron chi connectivity index (χ0n) is 20.0. The summed E-state index contributed by atoms with van der Waals surface area (Å²) in [5, 5.41) is 15.2. The van der Waals surface area contributed by atoms with Crippen molar-refractivity contribution in [1.29, 1.82) is 0 Å². The largest absolute Gasteiger partial charge is 0.494 e. The quantitative estimate of drug-likeness (QED) is 0.233. The van der Waals surface area contributed by atoms with Gasteiger partial charge in [0.25, 0.3) is 0 Å². The third-order valence-corrected chi connectivity index (χ3v) is 7.49. The molecule has 33 heavy (non-hydrogen) atoms. The van der Waals surface area contributed by atoms with Crippen LogP contribution in [-0.4, -0.2) is 43.2 Å². The van der Waals surface area contributed by atoms with Crippen molar-refractivity contribution < 1.29 is 19.4 Å². The van der Waals surface area contributed by atoms with Crippen LogP contribution in [0.2, 0.25) is 0 Å². The van der Waals surface area contributed by atoms with Crippen LogP contribution in [0, 0.1) is 23.7 Å². The van der Waals surface area contributed by atoms with Gasteiger partial charge in [0, 0.05) is 19.4 Å². The highest BCUT2D eigenvalue weighted by Crippen LogP contribution is 2.53. The number of fused-ring (bicyclic) bond motifs is 2. The third-order valence-electron chi connectivity index (χ3n) is 7.49. The predicted molar refractivity (Wildman–Crippen MR) is 131 cm³/mol. The van der Waals surface area contributed by atoms with Crippen molar-refractivity contribution in [3.05, 3.63) is 36.1 Å². The number of carbonyl (C=O) groups is 2. The number of aliphatic carboxylic acids is 1. The van der Waals surface area contributed by atoms with Gasteiger partial charge in [0.05, 0.1) is 12.3 Å². The highest BCUT2D eigenvalue weighted by molar-refractivity contribution is 5.77. The van der Waals surface area contributed by atoms with Gasteiger partial charge in [0.1, 0.15) is 6.61 Å². The fraction of sp³-hybridized carbons (Fsp3) is 0.704. The molecule has 2 fully saturated rings. The first-order chi connectivity index (χ1) is 16.1. The van der Waals surface area contributed by atoms with Crippen LogP contribution >= 0.6 is 0 Å². The molecule has 0 aromatic carbocycles. The number of hydrogen-bond acceptors (Lipinski definition) is 4. The maximum atomic E-state index is 12.3. The van der Waals surface area contributed by atoms with Gasteiger partial charge >= 0.3 is 5.97 Å². The summed E-state index contributed by atoms with van der Waals surface area (Å²) in [6.07, 6.45) is 21.6. The molecule has 184 valence electrons. The Hall–Kier alpha value is -2.08. The van der Waals surface area contributed by atoms with Crippen LogP contribution < -0.4 is 10.6 Å². The molecule has 1 aliphatic heterocycles. The molecule has 3 N–H and O–H groups in total. The second-order valence-electron chi connectivity index (χ2n) is 9.82. The highest BCUT2D eigenvalue weighted by atomic mass is 16.5. The summed E-state index contributed by atoms with van der Waals surface area (Å²) >= 11 is 0.